The van der Waals surface area contributed by atoms with Gasteiger partial charge >= 0.3 is 0 Å². The lowest BCUT2D eigenvalue weighted by Gasteiger charge is -2.32. The predicted octanol–water partition coefficient (Wildman–Crippen LogP) is 1.84. The Kier molecular flexibility index (Phi) is 6.77. The Labute approximate surface area is 168 Å². The van der Waals surface area contributed by atoms with Gasteiger partial charge in [-0.25, -0.2) is 4.39 Å². The molecule has 0 radical (unpaired) electrons. The van der Waals surface area contributed by atoms with Gasteiger partial charge in [0.25, 0.3) is 11.5 Å². The van der Waals surface area contributed by atoms with Crippen molar-refractivity contribution in [2.75, 3.05) is 25.5 Å². The van der Waals surface area contributed by atoms with Crippen molar-refractivity contribution in [2.45, 2.75) is 31.8 Å². The van der Waals surface area contributed by atoms with Gasteiger partial charge in [-0.2, -0.15) is 0 Å². The van der Waals surface area contributed by atoms with Crippen molar-refractivity contribution in [3.8, 4) is 0 Å². The Morgan fingerprint density at radius 2 is 1.93 bits per heavy atom. The van der Waals surface area contributed by atoms with E-state index >= 15 is 0 Å². The maximum absolute atomic E-state index is 13.0. The number of aromatic nitrogens is 1. The fourth-order valence-electron chi connectivity index (χ4n) is 3.41. The number of piperidine rings is 1. The Hall–Kier alpha value is -3.00. The van der Waals surface area contributed by atoms with Crippen molar-refractivity contribution >= 4 is 17.5 Å². The molecule has 2 amide bonds. The minimum Gasteiger partial charge on any atom is -0.353 e. The number of nitrogens with zero attached hydrogens (tertiary/aromatic N) is 2. The van der Waals surface area contributed by atoms with Crippen LogP contribution < -0.4 is 16.2 Å². The SMILES string of the molecule is CN1CCCC[C@H]1CNC(=O)Cn1cccc(C(=O)Nc2ccc(F)cc2)c1=O. The standard InChI is InChI=1S/C21H25FN4O3/c1-25-11-3-2-5-17(25)13-23-19(27)14-26-12-4-6-18(21(26)29)20(28)24-16-9-7-15(22)8-10-16/h4,6-10,12,17H,2-3,5,11,13-14H2,1H3,(H,23,27)(H,24,28)/t17-/m0/s1. The van der Waals surface area contributed by atoms with Gasteiger partial charge in [0.05, 0.1) is 0 Å². The second-order valence-electron chi connectivity index (χ2n) is 7.25. The zero-order valence-electron chi connectivity index (χ0n) is 16.4. The number of likely N-dealkylation sites (tertiary alicyclic amines) is 1. The molecule has 154 valence electrons. The quantitative estimate of drug-likeness (QED) is 0.775. The Balaban J connectivity index is 1.61. The van der Waals surface area contributed by atoms with E-state index in [2.05, 4.69) is 15.5 Å². The number of amides is 2. The van der Waals surface area contributed by atoms with Crippen LogP contribution in [-0.2, 0) is 11.3 Å². The third-order valence-electron chi connectivity index (χ3n) is 5.14. The Morgan fingerprint density at radius 1 is 1.17 bits per heavy atom. The molecule has 0 unspecified atom stereocenters. The number of halogens is 1. The van der Waals surface area contributed by atoms with Crippen molar-refractivity contribution in [3.63, 3.8) is 0 Å². The highest BCUT2D eigenvalue weighted by molar-refractivity contribution is 6.04. The second kappa shape index (κ2) is 9.47. The molecule has 0 saturated carbocycles. The van der Waals surface area contributed by atoms with Crippen molar-refractivity contribution in [1.29, 1.82) is 0 Å². The summed E-state index contributed by atoms with van der Waals surface area (Å²) >= 11 is 0. The van der Waals surface area contributed by atoms with Gasteiger partial charge in [-0.15, -0.1) is 0 Å². The summed E-state index contributed by atoms with van der Waals surface area (Å²) in [6, 6.07) is 8.49. The van der Waals surface area contributed by atoms with Crippen LogP contribution in [-0.4, -0.2) is 47.5 Å². The van der Waals surface area contributed by atoms with E-state index in [4.69, 9.17) is 0 Å². The van der Waals surface area contributed by atoms with Crippen LogP contribution in [0.2, 0.25) is 0 Å². The molecule has 1 atom stereocenters. The topological polar surface area (TPSA) is 83.4 Å². The van der Waals surface area contributed by atoms with Crippen LogP contribution in [0, 0.1) is 5.82 Å². The first-order valence-electron chi connectivity index (χ1n) is 9.67. The van der Waals surface area contributed by atoms with Crippen molar-refractivity contribution in [3.05, 3.63) is 64.3 Å². The fourth-order valence-corrected chi connectivity index (χ4v) is 3.41. The van der Waals surface area contributed by atoms with Gasteiger partial charge in [0.1, 0.15) is 17.9 Å². The maximum Gasteiger partial charge on any atom is 0.263 e. The molecule has 1 aliphatic rings. The Morgan fingerprint density at radius 3 is 2.66 bits per heavy atom. The van der Waals surface area contributed by atoms with Gasteiger partial charge in [-0.3, -0.25) is 14.4 Å². The summed E-state index contributed by atoms with van der Waals surface area (Å²) in [5.74, 6) is -1.31. The van der Waals surface area contributed by atoms with Gasteiger partial charge < -0.3 is 20.1 Å². The summed E-state index contributed by atoms with van der Waals surface area (Å²) in [4.78, 5) is 39.5. The number of likely N-dealkylation sites (N-methyl/N-ethyl adjacent to an activating group) is 1. The van der Waals surface area contributed by atoms with Crippen LogP contribution in [0.5, 0.6) is 0 Å². The number of pyridine rings is 1. The van der Waals surface area contributed by atoms with Crippen LogP contribution in [0.1, 0.15) is 29.6 Å². The number of anilines is 1. The zero-order chi connectivity index (χ0) is 20.8. The van der Waals surface area contributed by atoms with Crippen LogP contribution in [0.15, 0.2) is 47.4 Å². The number of nitrogens with one attached hydrogen (secondary N) is 2. The van der Waals surface area contributed by atoms with E-state index in [1.165, 1.54) is 47.5 Å². The molecule has 7 nitrogen and oxygen atoms in total. The highest BCUT2D eigenvalue weighted by Crippen LogP contribution is 2.14. The first-order valence-corrected chi connectivity index (χ1v) is 9.67. The summed E-state index contributed by atoms with van der Waals surface area (Å²) < 4.78 is 14.2. The van der Waals surface area contributed by atoms with Gasteiger partial charge in [0.2, 0.25) is 5.91 Å². The maximum atomic E-state index is 13.0. The molecule has 1 saturated heterocycles. The lowest BCUT2D eigenvalue weighted by molar-refractivity contribution is -0.122. The number of carbonyl (C=O) groups is 2. The van der Waals surface area contributed by atoms with Gasteiger partial charge in [-0.1, -0.05) is 6.42 Å². The minimum atomic E-state index is -0.611. The van der Waals surface area contributed by atoms with Crippen LogP contribution in [0.3, 0.4) is 0 Å². The molecule has 29 heavy (non-hydrogen) atoms. The van der Waals surface area contributed by atoms with Crippen molar-refractivity contribution in [1.82, 2.24) is 14.8 Å². The average Bonchev–Trinajstić information content (AvgIpc) is 2.70. The summed E-state index contributed by atoms with van der Waals surface area (Å²) in [5, 5.41) is 5.43. The summed E-state index contributed by atoms with van der Waals surface area (Å²) in [5.41, 5.74) is -0.269. The molecular weight excluding hydrogens is 375 g/mol. The lowest BCUT2D eigenvalue weighted by atomic mass is 10.0. The minimum absolute atomic E-state index is 0.0864. The summed E-state index contributed by atoms with van der Waals surface area (Å²) in [6.07, 6.45) is 4.83. The molecule has 0 aliphatic carbocycles. The van der Waals surface area contributed by atoms with E-state index in [1.54, 1.807) is 6.07 Å². The number of carbonyl (C=O) groups excluding carboxylic acids is 2. The zero-order valence-corrected chi connectivity index (χ0v) is 16.4. The fraction of sp³-hybridized carbons (Fsp3) is 0.381. The van der Waals surface area contributed by atoms with E-state index in [0.29, 0.717) is 18.3 Å². The molecule has 8 heteroatoms. The van der Waals surface area contributed by atoms with Gasteiger partial charge in [-0.05, 0) is 62.8 Å². The molecule has 1 fully saturated rings. The summed E-state index contributed by atoms with van der Waals surface area (Å²) in [6.45, 7) is 1.40. The van der Waals surface area contributed by atoms with Crippen LogP contribution in [0.4, 0.5) is 10.1 Å². The predicted molar refractivity (Wildman–Crippen MR) is 108 cm³/mol. The molecule has 0 spiro atoms. The third-order valence-corrected chi connectivity index (χ3v) is 5.14. The van der Waals surface area contributed by atoms with Gasteiger partial charge in [0, 0.05) is 24.5 Å². The molecule has 0 bridgehead atoms. The van der Waals surface area contributed by atoms with Crippen molar-refractivity contribution < 1.29 is 14.0 Å². The van der Waals surface area contributed by atoms with E-state index in [1.807, 2.05) is 7.05 Å². The Bertz CT molecular complexity index is 926. The van der Waals surface area contributed by atoms with Crippen LogP contribution >= 0.6 is 0 Å². The largest absolute Gasteiger partial charge is 0.353 e. The number of hydrogen-bond acceptors (Lipinski definition) is 4. The van der Waals surface area contributed by atoms with Gasteiger partial charge in [0.15, 0.2) is 0 Å². The van der Waals surface area contributed by atoms with E-state index in [0.717, 1.165) is 19.4 Å². The smallest absolute Gasteiger partial charge is 0.263 e. The highest BCUT2D eigenvalue weighted by Gasteiger charge is 2.20. The first-order chi connectivity index (χ1) is 13.9. The monoisotopic (exact) mass is 400 g/mol. The highest BCUT2D eigenvalue weighted by atomic mass is 19.1. The molecular formula is C21H25FN4O3. The number of hydrogen-bond donors (Lipinski definition) is 2. The van der Waals surface area contributed by atoms with E-state index < -0.39 is 17.3 Å². The molecule has 1 aliphatic heterocycles. The second-order valence-corrected chi connectivity index (χ2v) is 7.25. The van der Waals surface area contributed by atoms with Crippen LogP contribution in [0.25, 0.3) is 0 Å². The first kappa shape index (κ1) is 20.7. The number of rotatable bonds is 6. The van der Waals surface area contributed by atoms with E-state index in [-0.39, 0.29) is 18.0 Å². The molecule has 2 heterocycles. The average molecular weight is 400 g/mol. The molecule has 1 aromatic heterocycles. The molecule has 1 aromatic carbocycles. The molecule has 2 N–H and O–H groups in total. The third kappa shape index (κ3) is 5.51. The molecule has 2 aromatic rings. The van der Waals surface area contributed by atoms with Crippen molar-refractivity contribution in [2.24, 2.45) is 0 Å². The van der Waals surface area contributed by atoms with E-state index in [9.17, 15) is 18.8 Å². The normalized spacial score (nSPS) is 17.0. The lowest BCUT2D eigenvalue weighted by Crippen LogP contribution is -2.45. The summed E-state index contributed by atoms with van der Waals surface area (Å²) in [7, 11) is 2.05. The number of benzene rings is 1. The molecule has 3 rings (SSSR count).